The van der Waals surface area contributed by atoms with E-state index in [2.05, 4.69) is 11.9 Å². The van der Waals surface area contributed by atoms with Crippen LogP contribution in [0.5, 0.6) is 0 Å². The zero-order valence-electron chi connectivity index (χ0n) is 12.3. The Labute approximate surface area is 123 Å². The van der Waals surface area contributed by atoms with E-state index in [0.717, 1.165) is 5.57 Å². The van der Waals surface area contributed by atoms with Crippen LogP contribution in [0.4, 0.5) is 0 Å². The first-order chi connectivity index (χ1) is 9.81. The van der Waals surface area contributed by atoms with Crippen molar-refractivity contribution in [1.82, 2.24) is 5.32 Å². The molecular weight excluding hydrogens is 272 g/mol. The van der Waals surface area contributed by atoms with Gasteiger partial charge in [0.2, 0.25) is 11.6 Å². The number of hydrogen-bond donors (Lipinski definition) is 4. The van der Waals surface area contributed by atoms with Crippen molar-refractivity contribution in [3.63, 3.8) is 0 Å². The second-order valence-corrected chi connectivity index (χ2v) is 6.53. The minimum atomic E-state index is -1.69. The van der Waals surface area contributed by atoms with Crippen LogP contribution in [0.25, 0.3) is 0 Å². The SMILES string of the molecule is C=C1CC(O)C2C(OC(=N)C2(O)NC)C2C(C)C(=O)CC12. The second-order valence-electron chi connectivity index (χ2n) is 6.53. The molecule has 2 aliphatic carbocycles. The summed E-state index contributed by atoms with van der Waals surface area (Å²) in [6.07, 6.45) is -0.663. The van der Waals surface area contributed by atoms with E-state index in [9.17, 15) is 15.0 Å². The number of ketones is 1. The van der Waals surface area contributed by atoms with Crippen molar-refractivity contribution in [3.05, 3.63) is 12.2 Å². The monoisotopic (exact) mass is 294 g/mol. The fourth-order valence-corrected chi connectivity index (χ4v) is 4.36. The number of hydrogen-bond acceptors (Lipinski definition) is 6. The predicted molar refractivity (Wildman–Crippen MR) is 75.6 cm³/mol. The number of aliphatic hydroxyl groups excluding tert-OH is 1. The molecule has 7 unspecified atom stereocenters. The van der Waals surface area contributed by atoms with Crippen LogP contribution in [-0.2, 0) is 9.53 Å². The smallest absolute Gasteiger partial charge is 0.230 e. The van der Waals surface area contributed by atoms with E-state index in [1.807, 2.05) is 6.92 Å². The van der Waals surface area contributed by atoms with Gasteiger partial charge in [-0.15, -0.1) is 0 Å². The van der Waals surface area contributed by atoms with Gasteiger partial charge in [-0.25, -0.2) is 0 Å². The van der Waals surface area contributed by atoms with Crippen molar-refractivity contribution >= 4 is 11.7 Å². The van der Waals surface area contributed by atoms with Crippen LogP contribution in [-0.4, -0.2) is 46.9 Å². The van der Waals surface area contributed by atoms with Gasteiger partial charge in [0, 0.05) is 18.3 Å². The van der Waals surface area contributed by atoms with Crippen LogP contribution < -0.4 is 5.32 Å². The zero-order valence-corrected chi connectivity index (χ0v) is 12.3. The van der Waals surface area contributed by atoms with E-state index in [1.54, 1.807) is 0 Å². The molecule has 7 atom stereocenters. The molecule has 6 nitrogen and oxygen atoms in total. The van der Waals surface area contributed by atoms with Crippen LogP contribution in [0.3, 0.4) is 0 Å². The summed E-state index contributed by atoms with van der Waals surface area (Å²) in [7, 11) is 1.54. The number of nitrogens with one attached hydrogen (secondary N) is 2. The summed E-state index contributed by atoms with van der Waals surface area (Å²) in [4.78, 5) is 12.1. The Morgan fingerprint density at radius 2 is 2.14 bits per heavy atom. The minimum absolute atomic E-state index is 0.0378. The maximum Gasteiger partial charge on any atom is 0.230 e. The summed E-state index contributed by atoms with van der Waals surface area (Å²) >= 11 is 0. The normalized spacial score (nSPS) is 49.6. The van der Waals surface area contributed by atoms with Crippen LogP contribution in [0.2, 0.25) is 0 Å². The molecule has 3 rings (SSSR count). The third-order valence-corrected chi connectivity index (χ3v) is 5.58. The van der Waals surface area contributed by atoms with Crippen molar-refractivity contribution in [1.29, 1.82) is 5.41 Å². The number of carbonyl (C=O) groups is 1. The zero-order chi connectivity index (χ0) is 15.5. The molecule has 0 radical (unpaired) electrons. The van der Waals surface area contributed by atoms with Gasteiger partial charge in [0.1, 0.15) is 11.9 Å². The van der Waals surface area contributed by atoms with Crippen LogP contribution in [0.15, 0.2) is 12.2 Å². The molecule has 4 N–H and O–H groups in total. The Morgan fingerprint density at radius 1 is 1.48 bits per heavy atom. The molecule has 0 spiro atoms. The van der Waals surface area contributed by atoms with Gasteiger partial charge >= 0.3 is 0 Å². The molecule has 3 aliphatic rings. The summed E-state index contributed by atoms with van der Waals surface area (Å²) in [5, 5.41) is 31.8. The summed E-state index contributed by atoms with van der Waals surface area (Å²) in [5.74, 6) is -1.18. The first-order valence-corrected chi connectivity index (χ1v) is 7.36. The Hall–Kier alpha value is -1.24. The second kappa shape index (κ2) is 4.63. The van der Waals surface area contributed by atoms with E-state index in [-0.39, 0.29) is 29.4 Å². The lowest BCUT2D eigenvalue weighted by Crippen LogP contribution is -2.57. The quantitative estimate of drug-likeness (QED) is 0.404. The van der Waals surface area contributed by atoms with E-state index in [1.165, 1.54) is 7.05 Å². The Morgan fingerprint density at radius 3 is 2.76 bits per heavy atom. The average molecular weight is 294 g/mol. The molecule has 0 bridgehead atoms. The third-order valence-electron chi connectivity index (χ3n) is 5.58. The third kappa shape index (κ3) is 1.82. The maximum atomic E-state index is 12.1. The Bertz CT molecular complexity index is 520. The average Bonchev–Trinajstić information content (AvgIpc) is 2.82. The molecule has 0 amide bonds. The number of rotatable bonds is 1. The number of carbonyl (C=O) groups excluding carboxylic acids is 1. The van der Waals surface area contributed by atoms with E-state index >= 15 is 0 Å². The van der Waals surface area contributed by atoms with Crippen LogP contribution in [0, 0.1) is 29.1 Å². The van der Waals surface area contributed by atoms with E-state index in [0.29, 0.717) is 12.8 Å². The molecule has 0 aromatic carbocycles. The molecule has 1 saturated heterocycles. The lowest BCUT2D eigenvalue weighted by atomic mass is 9.78. The van der Waals surface area contributed by atoms with E-state index < -0.39 is 23.9 Å². The standard InChI is InChI=1S/C15H22N2O4/c1-6-4-10(19)12-13(21-14(16)15(12,20)17-3)11-7(2)9(18)5-8(6)11/h7-8,10-13,16-17,19-20H,1,4-5H2,2-3H3. The number of likely N-dealkylation sites (N-methyl/N-ethyl adjacent to an activating group) is 1. The summed E-state index contributed by atoms with van der Waals surface area (Å²) in [5.41, 5.74) is -0.849. The summed E-state index contributed by atoms with van der Waals surface area (Å²) in [6, 6.07) is 0. The molecule has 3 fully saturated rings. The number of Topliss-reactive ketones (excluding diaryl/α,β-unsaturated/α-hetero) is 1. The topological polar surface area (TPSA) is 103 Å². The van der Waals surface area contributed by atoms with Gasteiger partial charge in [0.05, 0.1) is 12.0 Å². The van der Waals surface area contributed by atoms with Crippen LogP contribution in [0.1, 0.15) is 19.8 Å². The number of ether oxygens (including phenoxy) is 1. The maximum absolute atomic E-state index is 12.1. The molecule has 1 heterocycles. The molecule has 0 aromatic rings. The van der Waals surface area contributed by atoms with Crippen LogP contribution >= 0.6 is 0 Å². The summed E-state index contributed by atoms with van der Waals surface area (Å²) < 4.78 is 5.62. The molecule has 6 heteroatoms. The fourth-order valence-electron chi connectivity index (χ4n) is 4.36. The Kier molecular flexibility index (Phi) is 3.24. The highest BCUT2D eigenvalue weighted by Gasteiger charge is 2.63. The van der Waals surface area contributed by atoms with Gasteiger partial charge in [-0.05, 0) is 19.4 Å². The predicted octanol–water partition coefficient (Wildman–Crippen LogP) is 0.0488. The van der Waals surface area contributed by atoms with Crippen molar-refractivity contribution in [2.45, 2.75) is 37.7 Å². The highest BCUT2D eigenvalue weighted by atomic mass is 16.5. The lowest BCUT2D eigenvalue weighted by molar-refractivity contribution is -0.122. The first-order valence-electron chi connectivity index (χ1n) is 7.36. The minimum Gasteiger partial charge on any atom is -0.474 e. The van der Waals surface area contributed by atoms with Crippen molar-refractivity contribution in [2.24, 2.45) is 23.7 Å². The number of fused-ring (bicyclic) bond motifs is 3. The van der Waals surface area contributed by atoms with Gasteiger partial charge in [0.25, 0.3) is 0 Å². The van der Waals surface area contributed by atoms with Gasteiger partial charge in [-0.1, -0.05) is 19.1 Å². The molecular formula is C15H22N2O4. The van der Waals surface area contributed by atoms with Crippen molar-refractivity contribution in [2.75, 3.05) is 7.05 Å². The van der Waals surface area contributed by atoms with Gasteiger partial charge in [-0.2, -0.15) is 0 Å². The summed E-state index contributed by atoms with van der Waals surface area (Å²) in [6.45, 7) is 5.89. The first kappa shape index (κ1) is 14.7. The van der Waals surface area contributed by atoms with E-state index in [4.69, 9.17) is 10.1 Å². The molecule has 116 valence electrons. The highest BCUT2D eigenvalue weighted by Crippen LogP contribution is 2.52. The molecule has 21 heavy (non-hydrogen) atoms. The molecule has 1 aliphatic heterocycles. The van der Waals surface area contributed by atoms with Gasteiger partial charge in [0.15, 0.2) is 0 Å². The lowest BCUT2D eigenvalue weighted by Gasteiger charge is -2.32. The fraction of sp³-hybridized carbons (Fsp3) is 0.733. The van der Waals surface area contributed by atoms with Crippen molar-refractivity contribution in [3.8, 4) is 0 Å². The number of aliphatic hydroxyl groups is 2. The van der Waals surface area contributed by atoms with Gasteiger partial charge in [-0.3, -0.25) is 15.5 Å². The van der Waals surface area contributed by atoms with Gasteiger partial charge < -0.3 is 14.9 Å². The van der Waals surface area contributed by atoms with Crippen molar-refractivity contribution < 1.29 is 19.7 Å². The largest absolute Gasteiger partial charge is 0.474 e. The molecule has 2 saturated carbocycles. The molecule has 0 aromatic heterocycles. The Balaban J connectivity index is 2.07. The highest BCUT2D eigenvalue weighted by molar-refractivity contribution is 5.87.